The standard InChI is InChI=1S/C20H16N2O3/c1-13-18(22-20(24-13)15-5-3-2-4-6-15)11-17-10-16-9-14(12-21-23)7-8-19(16)25-17/h2-10,12,23H,11H2,1H3/b21-12+. The van der Waals surface area contributed by atoms with Gasteiger partial charge in [0.1, 0.15) is 17.1 Å². The topological polar surface area (TPSA) is 71.8 Å². The number of fused-ring (bicyclic) bond motifs is 1. The van der Waals surface area contributed by atoms with Crippen molar-refractivity contribution in [3.05, 3.63) is 77.4 Å². The van der Waals surface area contributed by atoms with Crippen molar-refractivity contribution in [3.8, 4) is 11.5 Å². The molecular formula is C20H16N2O3. The van der Waals surface area contributed by atoms with Gasteiger partial charge in [-0.2, -0.15) is 0 Å². The van der Waals surface area contributed by atoms with Gasteiger partial charge in [-0.3, -0.25) is 0 Å². The Kier molecular flexibility index (Phi) is 3.82. The van der Waals surface area contributed by atoms with Crippen LogP contribution in [0.4, 0.5) is 0 Å². The van der Waals surface area contributed by atoms with Crippen molar-refractivity contribution in [2.75, 3.05) is 0 Å². The molecule has 0 spiro atoms. The van der Waals surface area contributed by atoms with Gasteiger partial charge in [0, 0.05) is 10.9 Å². The molecule has 0 radical (unpaired) electrons. The summed E-state index contributed by atoms with van der Waals surface area (Å²) in [5.74, 6) is 2.21. The van der Waals surface area contributed by atoms with Crippen molar-refractivity contribution in [2.45, 2.75) is 13.3 Å². The van der Waals surface area contributed by atoms with Crippen molar-refractivity contribution in [2.24, 2.45) is 5.16 Å². The molecule has 2 aromatic heterocycles. The largest absolute Gasteiger partial charge is 0.461 e. The maximum Gasteiger partial charge on any atom is 0.226 e. The van der Waals surface area contributed by atoms with Gasteiger partial charge in [0.05, 0.1) is 18.3 Å². The van der Waals surface area contributed by atoms with Crippen molar-refractivity contribution >= 4 is 17.2 Å². The lowest BCUT2D eigenvalue weighted by atomic mass is 10.1. The molecule has 0 aliphatic heterocycles. The van der Waals surface area contributed by atoms with Crippen molar-refractivity contribution in [1.82, 2.24) is 4.98 Å². The average molecular weight is 332 g/mol. The van der Waals surface area contributed by atoms with E-state index < -0.39 is 0 Å². The first-order valence-corrected chi connectivity index (χ1v) is 7.94. The monoisotopic (exact) mass is 332 g/mol. The summed E-state index contributed by atoms with van der Waals surface area (Å²) in [7, 11) is 0. The van der Waals surface area contributed by atoms with E-state index in [1.807, 2.05) is 61.5 Å². The Morgan fingerprint density at radius 1 is 1.08 bits per heavy atom. The molecule has 1 N–H and O–H groups in total. The number of hydrogen-bond donors (Lipinski definition) is 1. The number of aromatic nitrogens is 1. The van der Waals surface area contributed by atoms with Crippen LogP contribution in [-0.2, 0) is 6.42 Å². The van der Waals surface area contributed by atoms with E-state index in [0.717, 1.165) is 39.3 Å². The molecular weight excluding hydrogens is 316 g/mol. The van der Waals surface area contributed by atoms with Crippen LogP contribution in [0.1, 0.15) is 22.8 Å². The molecule has 0 fully saturated rings. The Hall–Kier alpha value is -3.34. The first kappa shape index (κ1) is 15.2. The Morgan fingerprint density at radius 2 is 1.92 bits per heavy atom. The summed E-state index contributed by atoms with van der Waals surface area (Å²) in [6.07, 6.45) is 1.94. The van der Waals surface area contributed by atoms with Gasteiger partial charge < -0.3 is 14.0 Å². The van der Waals surface area contributed by atoms with E-state index in [0.29, 0.717) is 12.3 Å². The number of aryl methyl sites for hydroxylation is 1. The third kappa shape index (κ3) is 3.04. The highest BCUT2D eigenvalue weighted by atomic mass is 16.4. The molecule has 4 rings (SSSR count). The van der Waals surface area contributed by atoms with Gasteiger partial charge in [0.25, 0.3) is 0 Å². The highest BCUT2D eigenvalue weighted by Gasteiger charge is 2.14. The summed E-state index contributed by atoms with van der Waals surface area (Å²) < 4.78 is 11.7. The normalized spacial score (nSPS) is 11.6. The summed E-state index contributed by atoms with van der Waals surface area (Å²) >= 11 is 0. The van der Waals surface area contributed by atoms with Gasteiger partial charge in [0.2, 0.25) is 5.89 Å². The van der Waals surface area contributed by atoms with Crippen LogP contribution >= 0.6 is 0 Å². The Labute approximate surface area is 144 Å². The number of rotatable bonds is 4. The number of benzene rings is 2. The Bertz CT molecular complexity index is 1050. The summed E-state index contributed by atoms with van der Waals surface area (Å²) in [6, 6.07) is 17.4. The van der Waals surface area contributed by atoms with Crippen LogP contribution < -0.4 is 0 Å². The molecule has 0 aliphatic carbocycles. The van der Waals surface area contributed by atoms with Crippen LogP contribution in [-0.4, -0.2) is 16.4 Å². The zero-order valence-corrected chi connectivity index (χ0v) is 13.6. The van der Waals surface area contributed by atoms with E-state index in [-0.39, 0.29) is 0 Å². The Balaban J connectivity index is 1.64. The second kappa shape index (κ2) is 6.28. The Morgan fingerprint density at radius 3 is 2.72 bits per heavy atom. The maximum absolute atomic E-state index is 8.65. The van der Waals surface area contributed by atoms with Gasteiger partial charge in [-0.15, -0.1) is 0 Å². The highest BCUT2D eigenvalue weighted by molar-refractivity contribution is 5.88. The lowest BCUT2D eigenvalue weighted by Gasteiger charge is -1.93. The highest BCUT2D eigenvalue weighted by Crippen LogP contribution is 2.26. The molecule has 0 aliphatic rings. The molecule has 2 heterocycles. The van der Waals surface area contributed by atoms with Crippen molar-refractivity contribution in [3.63, 3.8) is 0 Å². The lowest BCUT2D eigenvalue weighted by Crippen LogP contribution is -1.88. The van der Waals surface area contributed by atoms with E-state index in [4.69, 9.17) is 14.0 Å². The molecule has 25 heavy (non-hydrogen) atoms. The summed E-state index contributed by atoms with van der Waals surface area (Å²) in [5.41, 5.74) is 3.41. The fraction of sp³-hybridized carbons (Fsp3) is 0.100. The first-order chi connectivity index (χ1) is 12.2. The molecule has 0 bridgehead atoms. The van der Waals surface area contributed by atoms with E-state index in [1.165, 1.54) is 6.21 Å². The van der Waals surface area contributed by atoms with Gasteiger partial charge >= 0.3 is 0 Å². The minimum atomic E-state index is 0.556. The molecule has 2 aromatic carbocycles. The van der Waals surface area contributed by atoms with Crippen LogP contribution in [0.3, 0.4) is 0 Å². The molecule has 5 nitrogen and oxygen atoms in total. The molecule has 0 amide bonds. The SMILES string of the molecule is Cc1oc(-c2ccccc2)nc1Cc1cc2cc(/C=N/O)ccc2o1. The van der Waals surface area contributed by atoms with Crippen LogP contribution in [0.15, 0.2) is 68.6 Å². The smallest absolute Gasteiger partial charge is 0.226 e. The summed E-state index contributed by atoms with van der Waals surface area (Å²) in [5, 5.41) is 12.7. The predicted octanol–water partition coefficient (Wildman–Crippen LogP) is 4.80. The van der Waals surface area contributed by atoms with Gasteiger partial charge in [-0.1, -0.05) is 23.4 Å². The summed E-state index contributed by atoms with van der Waals surface area (Å²) in [4.78, 5) is 4.61. The number of oxazole rings is 1. The zero-order valence-electron chi connectivity index (χ0n) is 13.6. The molecule has 4 aromatic rings. The van der Waals surface area contributed by atoms with Crippen molar-refractivity contribution in [1.29, 1.82) is 0 Å². The molecule has 0 saturated heterocycles. The second-order valence-electron chi connectivity index (χ2n) is 5.82. The molecule has 0 unspecified atom stereocenters. The van der Waals surface area contributed by atoms with Crippen LogP contribution in [0.2, 0.25) is 0 Å². The fourth-order valence-electron chi connectivity index (χ4n) is 2.81. The van der Waals surface area contributed by atoms with E-state index in [1.54, 1.807) is 0 Å². The quantitative estimate of drug-likeness (QED) is 0.331. The summed E-state index contributed by atoms with van der Waals surface area (Å²) in [6.45, 7) is 1.91. The molecule has 0 saturated carbocycles. The molecule has 124 valence electrons. The van der Waals surface area contributed by atoms with E-state index in [2.05, 4.69) is 10.1 Å². The number of furan rings is 1. The minimum absolute atomic E-state index is 0.556. The lowest BCUT2D eigenvalue weighted by molar-refractivity contribution is 0.322. The molecule has 0 atom stereocenters. The number of hydrogen-bond acceptors (Lipinski definition) is 5. The average Bonchev–Trinajstić information content (AvgIpc) is 3.19. The van der Waals surface area contributed by atoms with E-state index in [9.17, 15) is 0 Å². The van der Waals surface area contributed by atoms with Crippen LogP contribution in [0.25, 0.3) is 22.4 Å². The second-order valence-corrected chi connectivity index (χ2v) is 5.82. The van der Waals surface area contributed by atoms with Gasteiger partial charge in [-0.25, -0.2) is 4.98 Å². The van der Waals surface area contributed by atoms with Crippen LogP contribution in [0.5, 0.6) is 0 Å². The third-order valence-electron chi connectivity index (χ3n) is 4.05. The van der Waals surface area contributed by atoms with Crippen molar-refractivity contribution < 1.29 is 14.0 Å². The third-order valence-corrected chi connectivity index (χ3v) is 4.05. The maximum atomic E-state index is 8.65. The zero-order chi connectivity index (χ0) is 17.2. The number of oxime groups is 1. The fourth-order valence-corrected chi connectivity index (χ4v) is 2.81. The van der Waals surface area contributed by atoms with Gasteiger partial charge in [0.15, 0.2) is 0 Å². The van der Waals surface area contributed by atoms with Crippen LogP contribution in [0, 0.1) is 6.92 Å². The minimum Gasteiger partial charge on any atom is -0.461 e. The predicted molar refractivity (Wildman–Crippen MR) is 95.1 cm³/mol. The van der Waals surface area contributed by atoms with Gasteiger partial charge in [-0.05, 0) is 48.9 Å². The molecule has 5 heteroatoms. The first-order valence-electron chi connectivity index (χ1n) is 7.94. The van der Waals surface area contributed by atoms with E-state index >= 15 is 0 Å². The number of nitrogens with zero attached hydrogens (tertiary/aromatic N) is 2.